The van der Waals surface area contributed by atoms with Gasteiger partial charge < -0.3 is 5.32 Å². The van der Waals surface area contributed by atoms with Crippen LogP contribution in [0.25, 0.3) is 0 Å². The SMILES string of the molecule is CSc1ccc(Cl)cc1NCc1ccsc1. The molecular formula is C12H12ClNS2. The Labute approximate surface area is 109 Å². The van der Waals surface area contributed by atoms with E-state index < -0.39 is 0 Å². The minimum Gasteiger partial charge on any atom is -0.380 e. The Morgan fingerprint density at radius 2 is 2.25 bits per heavy atom. The highest BCUT2D eigenvalue weighted by molar-refractivity contribution is 7.98. The van der Waals surface area contributed by atoms with Gasteiger partial charge in [0.2, 0.25) is 0 Å². The van der Waals surface area contributed by atoms with Crippen molar-refractivity contribution in [3.63, 3.8) is 0 Å². The van der Waals surface area contributed by atoms with E-state index in [0.717, 1.165) is 17.3 Å². The van der Waals surface area contributed by atoms with Crippen molar-refractivity contribution in [1.82, 2.24) is 0 Å². The summed E-state index contributed by atoms with van der Waals surface area (Å²) in [5.74, 6) is 0. The van der Waals surface area contributed by atoms with Crippen molar-refractivity contribution in [3.05, 3.63) is 45.6 Å². The molecule has 0 amide bonds. The van der Waals surface area contributed by atoms with Gasteiger partial charge in [-0.25, -0.2) is 0 Å². The van der Waals surface area contributed by atoms with E-state index in [0.29, 0.717) is 0 Å². The average molecular weight is 270 g/mol. The van der Waals surface area contributed by atoms with E-state index in [-0.39, 0.29) is 0 Å². The first kappa shape index (κ1) is 11.8. The zero-order chi connectivity index (χ0) is 11.4. The Hall–Kier alpha value is -0.640. The summed E-state index contributed by atoms with van der Waals surface area (Å²) in [6, 6.07) is 8.06. The van der Waals surface area contributed by atoms with Crippen molar-refractivity contribution in [1.29, 1.82) is 0 Å². The van der Waals surface area contributed by atoms with E-state index in [1.54, 1.807) is 23.1 Å². The second-order valence-electron chi connectivity index (χ2n) is 3.33. The third-order valence-electron chi connectivity index (χ3n) is 2.22. The fraction of sp³-hybridized carbons (Fsp3) is 0.167. The molecule has 1 aromatic carbocycles. The van der Waals surface area contributed by atoms with Gasteiger partial charge in [0.25, 0.3) is 0 Å². The van der Waals surface area contributed by atoms with Gasteiger partial charge in [-0.3, -0.25) is 0 Å². The van der Waals surface area contributed by atoms with E-state index in [4.69, 9.17) is 11.6 Å². The molecule has 0 atom stereocenters. The summed E-state index contributed by atoms with van der Waals surface area (Å²) in [5, 5.41) is 8.41. The summed E-state index contributed by atoms with van der Waals surface area (Å²) in [5.41, 5.74) is 2.41. The maximum absolute atomic E-state index is 5.99. The molecule has 2 aromatic rings. The van der Waals surface area contributed by atoms with E-state index in [9.17, 15) is 0 Å². The van der Waals surface area contributed by atoms with Crippen molar-refractivity contribution in [3.8, 4) is 0 Å². The van der Waals surface area contributed by atoms with Crippen LogP contribution in [-0.4, -0.2) is 6.26 Å². The van der Waals surface area contributed by atoms with Crippen LogP contribution >= 0.6 is 34.7 Å². The molecule has 0 aliphatic rings. The third kappa shape index (κ3) is 2.94. The summed E-state index contributed by atoms with van der Waals surface area (Å²) in [6.45, 7) is 0.845. The third-order valence-corrected chi connectivity index (χ3v) is 3.99. The minimum absolute atomic E-state index is 0.769. The van der Waals surface area contributed by atoms with Crippen molar-refractivity contribution < 1.29 is 0 Å². The number of hydrogen-bond acceptors (Lipinski definition) is 3. The topological polar surface area (TPSA) is 12.0 Å². The van der Waals surface area contributed by atoms with Crippen LogP contribution in [0, 0.1) is 0 Å². The second-order valence-corrected chi connectivity index (χ2v) is 5.39. The highest BCUT2D eigenvalue weighted by Crippen LogP contribution is 2.28. The fourth-order valence-electron chi connectivity index (χ4n) is 1.41. The first-order valence-corrected chi connectivity index (χ1v) is 7.42. The lowest BCUT2D eigenvalue weighted by molar-refractivity contribution is 1.14. The maximum Gasteiger partial charge on any atom is 0.0495 e. The van der Waals surface area contributed by atoms with Gasteiger partial charge in [0.15, 0.2) is 0 Å². The lowest BCUT2D eigenvalue weighted by Crippen LogP contribution is -1.99. The van der Waals surface area contributed by atoms with Crippen molar-refractivity contribution in [2.75, 3.05) is 11.6 Å². The molecule has 84 valence electrons. The number of rotatable bonds is 4. The Kier molecular flexibility index (Phi) is 4.16. The predicted molar refractivity (Wildman–Crippen MR) is 74.9 cm³/mol. The fourth-order valence-corrected chi connectivity index (χ4v) is 2.80. The van der Waals surface area contributed by atoms with Crippen LogP contribution in [-0.2, 0) is 6.54 Å². The van der Waals surface area contributed by atoms with Crippen LogP contribution in [0.1, 0.15) is 5.56 Å². The molecule has 1 aromatic heterocycles. The Morgan fingerprint density at radius 3 is 2.94 bits per heavy atom. The standard InChI is InChI=1S/C12H12ClNS2/c1-15-12-3-2-10(13)6-11(12)14-7-9-4-5-16-8-9/h2-6,8,14H,7H2,1H3. The van der Waals surface area contributed by atoms with Crippen molar-refractivity contribution in [2.24, 2.45) is 0 Å². The number of halogens is 1. The van der Waals surface area contributed by atoms with Crippen molar-refractivity contribution >= 4 is 40.4 Å². The van der Waals surface area contributed by atoms with Gasteiger partial charge in [0.05, 0.1) is 0 Å². The van der Waals surface area contributed by atoms with Gasteiger partial charge in [-0.2, -0.15) is 11.3 Å². The van der Waals surface area contributed by atoms with Gasteiger partial charge in [0.1, 0.15) is 0 Å². The molecule has 1 nitrogen and oxygen atoms in total. The van der Waals surface area contributed by atoms with Crippen LogP contribution in [0.3, 0.4) is 0 Å². The molecule has 1 heterocycles. The number of thiophene rings is 1. The molecule has 0 aliphatic carbocycles. The molecule has 0 bridgehead atoms. The highest BCUT2D eigenvalue weighted by atomic mass is 35.5. The Morgan fingerprint density at radius 1 is 1.38 bits per heavy atom. The summed E-state index contributed by atoms with van der Waals surface area (Å²) < 4.78 is 0. The number of thioether (sulfide) groups is 1. The summed E-state index contributed by atoms with van der Waals surface area (Å²) in [7, 11) is 0. The van der Waals surface area contributed by atoms with Crippen LogP contribution in [0.5, 0.6) is 0 Å². The molecule has 4 heteroatoms. The molecule has 0 aliphatic heterocycles. The Bertz CT molecular complexity index is 454. The normalized spacial score (nSPS) is 10.4. The molecular weight excluding hydrogens is 258 g/mol. The van der Waals surface area contributed by atoms with Crippen molar-refractivity contribution in [2.45, 2.75) is 11.4 Å². The number of hydrogen-bond donors (Lipinski definition) is 1. The van der Waals surface area contributed by atoms with E-state index in [1.807, 2.05) is 18.2 Å². The quantitative estimate of drug-likeness (QED) is 0.805. The number of nitrogens with one attached hydrogen (secondary N) is 1. The van der Waals surface area contributed by atoms with E-state index >= 15 is 0 Å². The zero-order valence-corrected chi connectivity index (χ0v) is 11.3. The van der Waals surface area contributed by atoms with Gasteiger partial charge in [-0.1, -0.05) is 11.6 Å². The minimum atomic E-state index is 0.769. The highest BCUT2D eigenvalue weighted by Gasteiger charge is 2.02. The average Bonchev–Trinajstić information content (AvgIpc) is 2.79. The first-order valence-electron chi connectivity index (χ1n) is 4.88. The number of benzene rings is 1. The summed E-state index contributed by atoms with van der Waals surface area (Å²) in [6.07, 6.45) is 2.07. The molecule has 0 spiro atoms. The number of anilines is 1. The molecule has 16 heavy (non-hydrogen) atoms. The second kappa shape index (κ2) is 5.62. The maximum atomic E-state index is 5.99. The van der Waals surface area contributed by atoms with Gasteiger partial charge in [-0.05, 0) is 46.8 Å². The Balaban J connectivity index is 2.11. The largest absolute Gasteiger partial charge is 0.380 e. The lowest BCUT2D eigenvalue weighted by Gasteiger charge is -2.10. The summed E-state index contributed by atoms with van der Waals surface area (Å²) >= 11 is 9.43. The van der Waals surface area contributed by atoms with Gasteiger partial charge >= 0.3 is 0 Å². The predicted octanol–water partition coefficient (Wildman–Crippen LogP) is 4.74. The van der Waals surface area contributed by atoms with Crippen LogP contribution < -0.4 is 5.32 Å². The molecule has 1 N–H and O–H groups in total. The van der Waals surface area contributed by atoms with Gasteiger partial charge in [0, 0.05) is 22.2 Å². The molecule has 0 unspecified atom stereocenters. The van der Waals surface area contributed by atoms with Crippen LogP contribution in [0.15, 0.2) is 39.9 Å². The molecule has 0 fully saturated rings. The van der Waals surface area contributed by atoms with Gasteiger partial charge in [-0.15, -0.1) is 11.8 Å². The van der Waals surface area contributed by atoms with Crippen LogP contribution in [0.2, 0.25) is 5.02 Å². The monoisotopic (exact) mass is 269 g/mol. The smallest absolute Gasteiger partial charge is 0.0495 e. The van der Waals surface area contributed by atoms with Crippen LogP contribution in [0.4, 0.5) is 5.69 Å². The summed E-state index contributed by atoms with van der Waals surface area (Å²) in [4.78, 5) is 1.22. The molecule has 2 rings (SSSR count). The van der Waals surface area contributed by atoms with E-state index in [1.165, 1.54) is 10.5 Å². The first-order chi connectivity index (χ1) is 7.79. The lowest BCUT2D eigenvalue weighted by atomic mass is 10.3. The zero-order valence-electron chi connectivity index (χ0n) is 8.87. The van der Waals surface area contributed by atoms with E-state index in [2.05, 4.69) is 28.4 Å². The molecule has 0 radical (unpaired) electrons. The molecule has 0 saturated carbocycles. The molecule has 0 saturated heterocycles.